The lowest BCUT2D eigenvalue weighted by atomic mass is 10.2. The molecule has 0 aliphatic carbocycles. The van der Waals surface area contributed by atoms with E-state index in [1.54, 1.807) is 6.20 Å². The third-order valence-corrected chi connectivity index (χ3v) is 3.27. The molecule has 3 heteroatoms. The van der Waals surface area contributed by atoms with Crippen molar-refractivity contribution in [3.05, 3.63) is 58.3 Å². The van der Waals surface area contributed by atoms with E-state index in [9.17, 15) is 0 Å². The van der Waals surface area contributed by atoms with E-state index in [0.717, 1.165) is 23.1 Å². The minimum atomic E-state index is 0.910. The van der Waals surface area contributed by atoms with Crippen LogP contribution in [0.15, 0.2) is 47.2 Å². The Balaban J connectivity index is 1.92. The third kappa shape index (κ3) is 3.56. The number of rotatable bonds is 4. The number of nitrogens with zero attached hydrogens (tertiary/aromatic N) is 1. The molecule has 1 aromatic heterocycles. The number of pyridine rings is 1. The number of nitrogens with one attached hydrogen (secondary N) is 1. The molecule has 2 rings (SSSR count). The number of benzene rings is 1. The van der Waals surface area contributed by atoms with Crippen LogP contribution in [0.5, 0.6) is 0 Å². The van der Waals surface area contributed by atoms with Gasteiger partial charge in [-0.3, -0.25) is 4.98 Å². The molecule has 0 atom stereocenters. The van der Waals surface area contributed by atoms with E-state index < -0.39 is 0 Å². The van der Waals surface area contributed by atoms with Gasteiger partial charge in [0, 0.05) is 29.1 Å². The average Bonchev–Trinajstić information content (AvgIpc) is 2.35. The van der Waals surface area contributed by atoms with Crippen LogP contribution in [-0.2, 0) is 6.42 Å². The lowest BCUT2D eigenvalue weighted by Crippen LogP contribution is -2.05. The standard InChI is InChI=1S/C14H15BrN2/c1-11-4-5-13(15)14(9-11)17-8-6-12-3-2-7-16-10-12/h2-5,7,9-10,17H,6,8H2,1H3. The van der Waals surface area contributed by atoms with Crippen LogP contribution in [0, 0.1) is 6.92 Å². The Bertz CT molecular complexity index is 483. The van der Waals surface area contributed by atoms with E-state index in [1.165, 1.54) is 11.1 Å². The average molecular weight is 291 g/mol. The smallest absolute Gasteiger partial charge is 0.0487 e. The van der Waals surface area contributed by atoms with Crippen LogP contribution in [0.2, 0.25) is 0 Å². The first-order valence-electron chi connectivity index (χ1n) is 5.64. The molecule has 0 amide bonds. The third-order valence-electron chi connectivity index (χ3n) is 2.57. The lowest BCUT2D eigenvalue weighted by Gasteiger charge is -2.09. The molecule has 0 bridgehead atoms. The Morgan fingerprint density at radius 1 is 1.29 bits per heavy atom. The van der Waals surface area contributed by atoms with Gasteiger partial charge in [0.25, 0.3) is 0 Å². The number of aromatic nitrogens is 1. The van der Waals surface area contributed by atoms with E-state index in [4.69, 9.17) is 0 Å². The highest BCUT2D eigenvalue weighted by Crippen LogP contribution is 2.23. The number of hydrogen-bond donors (Lipinski definition) is 1. The van der Waals surface area contributed by atoms with Crippen molar-refractivity contribution in [3.8, 4) is 0 Å². The van der Waals surface area contributed by atoms with Crippen molar-refractivity contribution in [1.82, 2.24) is 4.98 Å². The molecule has 0 radical (unpaired) electrons. The fourth-order valence-electron chi connectivity index (χ4n) is 1.66. The normalized spacial score (nSPS) is 10.2. The van der Waals surface area contributed by atoms with Crippen molar-refractivity contribution >= 4 is 21.6 Å². The molecule has 0 aliphatic heterocycles. The maximum Gasteiger partial charge on any atom is 0.0487 e. The molecular weight excluding hydrogens is 276 g/mol. The SMILES string of the molecule is Cc1ccc(Br)c(NCCc2cccnc2)c1. The summed E-state index contributed by atoms with van der Waals surface area (Å²) in [5.74, 6) is 0. The summed E-state index contributed by atoms with van der Waals surface area (Å²) in [5.41, 5.74) is 3.66. The summed E-state index contributed by atoms with van der Waals surface area (Å²) in [5, 5.41) is 3.43. The Morgan fingerprint density at radius 2 is 2.18 bits per heavy atom. The van der Waals surface area contributed by atoms with E-state index in [-0.39, 0.29) is 0 Å². The van der Waals surface area contributed by atoms with Crippen molar-refractivity contribution in [1.29, 1.82) is 0 Å². The summed E-state index contributed by atoms with van der Waals surface area (Å²) < 4.78 is 1.11. The van der Waals surface area contributed by atoms with E-state index in [0.29, 0.717) is 0 Å². The molecule has 0 unspecified atom stereocenters. The molecule has 0 saturated heterocycles. The molecular formula is C14H15BrN2. The second-order valence-corrected chi connectivity index (χ2v) is 4.88. The van der Waals surface area contributed by atoms with Gasteiger partial charge in [-0.15, -0.1) is 0 Å². The molecule has 1 aromatic carbocycles. The molecule has 2 aromatic rings. The summed E-state index contributed by atoms with van der Waals surface area (Å²) in [7, 11) is 0. The van der Waals surface area contributed by atoms with Gasteiger partial charge in [-0.05, 0) is 58.6 Å². The van der Waals surface area contributed by atoms with Crippen molar-refractivity contribution in [2.45, 2.75) is 13.3 Å². The van der Waals surface area contributed by atoms with Crippen LogP contribution < -0.4 is 5.32 Å². The fourth-order valence-corrected chi connectivity index (χ4v) is 2.05. The van der Waals surface area contributed by atoms with Gasteiger partial charge in [-0.1, -0.05) is 12.1 Å². The Kier molecular flexibility index (Phi) is 4.15. The molecule has 0 saturated carbocycles. The Hall–Kier alpha value is -1.35. The topological polar surface area (TPSA) is 24.9 Å². The first-order valence-corrected chi connectivity index (χ1v) is 6.44. The quantitative estimate of drug-likeness (QED) is 0.926. The molecule has 17 heavy (non-hydrogen) atoms. The summed E-state index contributed by atoms with van der Waals surface area (Å²) in [6.07, 6.45) is 4.69. The largest absolute Gasteiger partial charge is 0.384 e. The second kappa shape index (κ2) is 5.82. The Labute approximate surface area is 110 Å². The van der Waals surface area contributed by atoms with Crippen molar-refractivity contribution in [2.24, 2.45) is 0 Å². The monoisotopic (exact) mass is 290 g/mol. The number of aryl methyl sites for hydroxylation is 1. The summed E-state index contributed by atoms with van der Waals surface area (Å²) in [6.45, 7) is 3.01. The predicted octanol–water partition coefficient (Wildman–Crippen LogP) is 3.81. The summed E-state index contributed by atoms with van der Waals surface area (Å²) in [6, 6.07) is 10.4. The van der Waals surface area contributed by atoms with Gasteiger partial charge in [-0.2, -0.15) is 0 Å². The zero-order chi connectivity index (χ0) is 12.1. The number of halogens is 1. The van der Waals surface area contributed by atoms with Crippen LogP contribution in [0.4, 0.5) is 5.69 Å². The highest BCUT2D eigenvalue weighted by Gasteiger charge is 1.99. The number of anilines is 1. The van der Waals surface area contributed by atoms with Crippen LogP contribution in [0.25, 0.3) is 0 Å². The highest BCUT2D eigenvalue weighted by atomic mass is 79.9. The second-order valence-electron chi connectivity index (χ2n) is 4.02. The van der Waals surface area contributed by atoms with Gasteiger partial charge in [-0.25, -0.2) is 0 Å². The maximum absolute atomic E-state index is 4.10. The van der Waals surface area contributed by atoms with Crippen molar-refractivity contribution in [3.63, 3.8) is 0 Å². The molecule has 1 heterocycles. The van der Waals surface area contributed by atoms with E-state index in [2.05, 4.69) is 57.4 Å². The molecule has 0 spiro atoms. The van der Waals surface area contributed by atoms with Gasteiger partial charge in [0.1, 0.15) is 0 Å². The minimum absolute atomic E-state index is 0.910. The van der Waals surface area contributed by atoms with Gasteiger partial charge in [0.15, 0.2) is 0 Å². The first-order chi connectivity index (χ1) is 8.25. The van der Waals surface area contributed by atoms with Crippen LogP contribution >= 0.6 is 15.9 Å². The highest BCUT2D eigenvalue weighted by molar-refractivity contribution is 9.10. The van der Waals surface area contributed by atoms with Gasteiger partial charge < -0.3 is 5.32 Å². The predicted molar refractivity (Wildman–Crippen MR) is 75.3 cm³/mol. The summed E-state index contributed by atoms with van der Waals surface area (Å²) >= 11 is 3.54. The van der Waals surface area contributed by atoms with E-state index >= 15 is 0 Å². The molecule has 0 fully saturated rings. The zero-order valence-corrected chi connectivity index (χ0v) is 11.4. The van der Waals surface area contributed by atoms with Crippen molar-refractivity contribution < 1.29 is 0 Å². The lowest BCUT2D eigenvalue weighted by molar-refractivity contribution is 1.00. The van der Waals surface area contributed by atoms with Crippen molar-refractivity contribution in [2.75, 3.05) is 11.9 Å². The Morgan fingerprint density at radius 3 is 2.94 bits per heavy atom. The van der Waals surface area contributed by atoms with Gasteiger partial charge in [0.05, 0.1) is 0 Å². The van der Waals surface area contributed by atoms with Crippen LogP contribution in [0.1, 0.15) is 11.1 Å². The molecule has 88 valence electrons. The van der Waals surface area contributed by atoms with Gasteiger partial charge >= 0.3 is 0 Å². The molecule has 0 aliphatic rings. The van der Waals surface area contributed by atoms with E-state index in [1.807, 2.05) is 12.3 Å². The number of hydrogen-bond acceptors (Lipinski definition) is 2. The zero-order valence-electron chi connectivity index (χ0n) is 9.78. The molecule has 2 nitrogen and oxygen atoms in total. The van der Waals surface area contributed by atoms with Crippen LogP contribution in [0.3, 0.4) is 0 Å². The minimum Gasteiger partial charge on any atom is -0.384 e. The molecule has 1 N–H and O–H groups in total. The maximum atomic E-state index is 4.10. The van der Waals surface area contributed by atoms with Gasteiger partial charge in [0.2, 0.25) is 0 Å². The fraction of sp³-hybridized carbons (Fsp3) is 0.214. The van der Waals surface area contributed by atoms with Crippen LogP contribution in [-0.4, -0.2) is 11.5 Å². The summed E-state index contributed by atoms with van der Waals surface area (Å²) in [4.78, 5) is 4.10. The first kappa shape index (κ1) is 12.1.